The van der Waals surface area contributed by atoms with Crippen molar-refractivity contribution in [3.63, 3.8) is 0 Å². The van der Waals surface area contributed by atoms with Gasteiger partial charge in [-0.2, -0.15) is 0 Å². The molecule has 5 heteroatoms. The van der Waals surface area contributed by atoms with Gasteiger partial charge in [0.25, 0.3) is 0 Å². The maximum Gasteiger partial charge on any atom is 0.120 e. The predicted octanol–water partition coefficient (Wildman–Crippen LogP) is 3.71. The third kappa shape index (κ3) is 4.80. The lowest BCUT2D eigenvalue weighted by Crippen LogP contribution is -2.43. The summed E-state index contributed by atoms with van der Waals surface area (Å²) in [7, 11) is 3.90. The first-order chi connectivity index (χ1) is 14.6. The smallest absolute Gasteiger partial charge is 0.120 e. The summed E-state index contributed by atoms with van der Waals surface area (Å²) in [6.07, 6.45) is 4.78. The number of phenols is 1. The van der Waals surface area contributed by atoms with Crippen LogP contribution >= 0.6 is 0 Å². The van der Waals surface area contributed by atoms with E-state index in [2.05, 4.69) is 46.4 Å². The molecule has 0 unspecified atom stereocenters. The summed E-state index contributed by atoms with van der Waals surface area (Å²) in [6.45, 7) is 5.90. The van der Waals surface area contributed by atoms with E-state index >= 15 is 0 Å². The monoisotopic (exact) mass is 409 g/mol. The Kier molecular flexibility index (Phi) is 6.61. The molecular weight excluding hydrogens is 374 g/mol. The Morgan fingerprint density at radius 3 is 2.53 bits per heavy atom. The molecule has 30 heavy (non-hydrogen) atoms. The first-order valence-electron chi connectivity index (χ1n) is 11.2. The number of piperazine rings is 1. The van der Waals surface area contributed by atoms with Crippen LogP contribution in [0.2, 0.25) is 0 Å². The molecule has 1 saturated carbocycles. The summed E-state index contributed by atoms with van der Waals surface area (Å²) in [5, 5.41) is 14.3. The number of ether oxygens (including phenoxy) is 1. The van der Waals surface area contributed by atoms with Gasteiger partial charge in [0.2, 0.25) is 0 Å². The standard InChI is InChI=1S/C25H35N3O2/c1-27-12-14-28(15-13-27)19-21-16-20(8-9-24(21)29)18-26-25(10-3-4-11-25)22-6-5-7-23(17-22)30-2/h5-9,16-17,26,29H,3-4,10-15,18-19H2,1-2H3. The summed E-state index contributed by atoms with van der Waals surface area (Å²) in [5.41, 5.74) is 3.58. The number of benzene rings is 2. The van der Waals surface area contributed by atoms with Gasteiger partial charge in [-0.25, -0.2) is 0 Å². The lowest BCUT2D eigenvalue weighted by atomic mass is 9.87. The predicted molar refractivity (Wildman–Crippen MR) is 121 cm³/mol. The van der Waals surface area contributed by atoms with Gasteiger partial charge in [-0.1, -0.05) is 31.0 Å². The zero-order valence-electron chi connectivity index (χ0n) is 18.4. The van der Waals surface area contributed by atoms with Crippen LogP contribution in [0.1, 0.15) is 42.4 Å². The van der Waals surface area contributed by atoms with Crippen molar-refractivity contribution >= 4 is 0 Å². The fraction of sp³-hybridized carbons (Fsp3) is 0.520. The second-order valence-electron chi connectivity index (χ2n) is 8.92. The third-order valence-electron chi connectivity index (χ3n) is 6.84. The van der Waals surface area contributed by atoms with Gasteiger partial charge in [-0.3, -0.25) is 4.90 Å². The molecule has 162 valence electrons. The van der Waals surface area contributed by atoms with Crippen LogP contribution in [0.4, 0.5) is 0 Å². The van der Waals surface area contributed by atoms with E-state index in [1.54, 1.807) is 7.11 Å². The topological polar surface area (TPSA) is 48.0 Å². The second kappa shape index (κ2) is 9.38. The van der Waals surface area contributed by atoms with Crippen LogP contribution in [-0.2, 0) is 18.6 Å². The van der Waals surface area contributed by atoms with E-state index in [0.29, 0.717) is 5.75 Å². The first-order valence-corrected chi connectivity index (χ1v) is 11.2. The molecule has 0 amide bonds. The van der Waals surface area contributed by atoms with Crippen molar-refractivity contribution in [1.29, 1.82) is 0 Å². The molecule has 0 radical (unpaired) electrons. The van der Waals surface area contributed by atoms with Crippen LogP contribution in [0.15, 0.2) is 42.5 Å². The zero-order valence-corrected chi connectivity index (χ0v) is 18.4. The molecule has 0 atom stereocenters. The normalized spacial score (nSPS) is 19.8. The van der Waals surface area contributed by atoms with Crippen molar-refractivity contribution in [3.8, 4) is 11.5 Å². The SMILES string of the molecule is COc1cccc(C2(NCc3ccc(O)c(CN4CCN(C)CC4)c3)CCCC2)c1. The highest BCUT2D eigenvalue weighted by Gasteiger charge is 2.35. The minimum atomic E-state index is 0.00401. The highest BCUT2D eigenvalue weighted by molar-refractivity contribution is 5.37. The number of aromatic hydroxyl groups is 1. The van der Waals surface area contributed by atoms with Crippen molar-refractivity contribution in [1.82, 2.24) is 15.1 Å². The molecule has 2 aromatic rings. The zero-order chi connectivity index (χ0) is 21.0. The molecule has 0 bridgehead atoms. The van der Waals surface area contributed by atoms with Gasteiger partial charge < -0.3 is 20.1 Å². The van der Waals surface area contributed by atoms with Crippen molar-refractivity contribution in [2.24, 2.45) is 0 Å². The van der Waals surface area contributed by atoms with E-state index in [1.165, 1.54) is 24.0 Å². The van der Waals surface area contributed by atoms with Crippen LogP contribution in [0, 0.1) is 0 Å². The highest BCUT2D eigenvalue weighted by Crippen LogP contribution is 2.40. The molecule has 1 heterocycles. The molecule has 2 aromatic carbocycles. The number of rotatable bonds is 7. The number of phenolic OH excluding ortho intramolecular Hbond substituents is 1. The molecule has 1 aliphatic carbocycles. The largest absolute Gasteiger partial charge is 0.508 e. The average molecular weight is 410 g/mol. The van der Waals surface area contributed by atoms with Crippen LogP contribution in [0.3, 0.4) is 0 Å². The van der Waals surface area contributed by atoms with E-state index in [0.717, 1.165) is 63.4 Å². The van der Waals surface area contributed by atoms with Crippen LogP contribution in [0.5, 0.6) is 11.5 Å². The Bertz CT molecular complexity index is 840. The molecule has 1 saturated heterocycles. The maximum atomic E-state index is 10.4. The molecular formula is C25H35N3O2. The molecule has 0 spiro atoms. The quantitative estimate of drug-likeness (QED) is 0.730. The van der Waals surface area contributed by atoms with Gasteiger partial charge >= 0.3 is 0 Å². The van der Waals surface area contributed by atoms with E-state index in [1.807, 2.05) is 18.2 Å². The van der Waals surface area contributed by atoms with Gasteiger partial charge in [0.05, 0.1) is 7.11 Å². The fourth-order valence-corrected chi connectivity index (χ4v) is 4.86. The van der Waals surface area contributed by atoms with E-state index < -0.39 is 0 Å². The number of nitrogens with one attached hydrogen (secondary N) is 1. The number of methoxy groups -OCH3 is 1. The highest BCUT2D eigenvalue weighted by atomic mass is 16.5. The Labute approximate surface area is 180 Å². The Morgan fingerprint density at radius 2 is 1.80 bits per heavy atom. The lowest BCUT2D eigenvalue weighted by Gasteiger charge is -2.33. The summed E-state index contributed by atoms with van der Waals surface area (Å²) in [4.78, 5) is 4.79. The minimum Gasteiger partial charge on any atom is -0.508 e. The van der Waals surface area contributed by atoms with Crippen molar-refractivity contribution < 1.29 is 9.84 Å². The summed E-state index contributed by atoms with van der Waals surface area (Å²) < 4.78 is 5.47. The average Bonchev–Trinajstić information content (AvgIpc) is 3.26. The van der Waals surface area contributed by atoms with Crippen LogP contribution < -0.4 is 10.1 Å². The lowest BCUT2D eigenvalue weighted by molar-refractivity contribution is 0.147. The molecule has 2 fully saturated rings. The third-order valence-corrected chi connectivity index (χ3v) is 6.84. The first kappa shape index (κ1) is 21.2. The van der Waals surface area contributed by atoms with Crippen molar-refractivity contribution in [3.05, 3.63) is 59.2 Å². The fourth-order valence-electron chi connectivity index (χ4n) is 4.86. The maximum absolute atomic E-state index is 10.4. The van der Waals surface area contributed by atoms with Crippen molar-refractivity contribution in [2.45, 2.75) is 44.3 Å². The number of likely N-dealkylation sites (N-methyl/N-ethyl adjacent to an activating group) is 1. The van der Waals surface area contributed by atoms with E-state index in [-0.39, 0.29) is 5.54 Å². The Morgan fingerprint density at radius 1 is 1.03 bits per heavy atom. The van der Waals surface area contributed by atoms with Crippen LogP contribution in [0.25, 0.3) is 0 Å². The molecule has 4 rings (SSSR count). The van der Waals surface area contributed by atoms with E-state index in [9.17, 15) is 5.11 Å². The Hall–Kier alpha value is -2.08. The number of nitrogens with zero attached hydrogens (tertiary/aromatic N) is 2. The summed E-state index contributed by atoms with van der Waals surface area (Å²) in [5.74, 6) is 1.32. The number of hydrogen-bond acceptors (Lipinski definition) is 5. The van der Waals surface area contributed by atoms with Crippen LogP contribution in [-0.4, -0.2) is 55.2 Å². The second-order valence-corrected chi connectivity index (χ2v) is 8.92. The molecule has 2 N–H and O–H groups in total. The van der Waals surface area contributed by atoms with Gasteiger partial charge in [0.1, 0.15) is 11.5 Å². The van der Waals surface area contributed by atoms with E-state index in [4.69, 9.17) is 4.74 Å². The molecule has 1 aliphatic heterocycles. The minimum absolute atomic E-state index is 0.00401. The van der Waals surface area contributed by atoms with Crippen molar-refractivity contribution in [2.75, 3.05) is 40.3 Å². The Balaban J connectivity index is 1.46. The van der Waals surface area contributed by atoms with Gasteiger partial charge in [0.15, 0.2) is 0 Å². The van der Waals surface area contributed by atoms with Gasteiger partial charge in [-0.15, -0.1) is 0 Å². The molecule has 5 nitrogen and oxygen atoms in total. The summed E-state index contributed by atoms with van der Waals surface area (Å²) >= 11 is 0. The molecule has 2 aliphatic rings. The van der Waals surface area contributed by atoms with Gasteiger partial charge in [0, 0.05) is 50.4 Å². The number of hydrogen-bond donors (Lipinski definition) is 2. The van der Waals surface area contributed by atoms with Gasteiger partial charge in [-0.05, 0) is 55.3 Å². The summed E-state index contributed by atoms with van der Waals surface area (Å²) in [6, 6.07) is 14.6. The molecule has 0 aromatic heterocycles.